The smallest absolute Gasteiger partial charge is 0.271 e. The molecule has 13 heavy (non-hydrogen) atoms. The summed E-state index contributed by atoms with van der Waals surface area (Å²) in [5, 5.41) is 10.6. The quantitative estimate of drug-likeness (QED) is 0.438. The van der Waals surface area contributed by atoms with E-state index in [0.717, 1.165) is 5.56 Å². The van der Waals surface area contributed by atoms with Crippen molar-refractivity contribution in [3.05, 3.63) is 38.9 Å². The van der Waals surface area contributed by atoms with Crippen molar-refractivity contribution in [2.24, 2.45) is 5.84 Å². The average Bonchev–Trinajstić information content (AvgIpc) is 2.08. The highest BCUT2D eigenvalue weighted by atomic mass is 35.5. The molecule has 0 aromatic heterocycles. The van der Waals surface area contributed by atoms with Gasteiger partial charge >= 0.3 is 0 Å². The molecule has 0 unspecified atom stereocenters. The molecule has 5 nitrogen and oxygen atoms in total. The van der Waals surface area contributed by atoms with E-state index in [1.165, 1.54) is 12.1 Å². The Balaban J connectivity index is 3.04. The summed E-state index contributed by atoms with van der Waals surface area (Å²) in [4.78, 5) is 9.92. The summed E-state index contributed by atoms with van der Waals surface area (Å²) in [6, 6.07) is 4.55. The van der Waals surface area contributed by atoms with E-state index < -0.39 is 4.92 Å². The van der Waals surface area contributed by atoms with E-state index in [1.54, 1.807) is 6.07 Å². The van der Waals surface area contributed by atoms with Crippen LogP contribution in [0.4, 0.5) is 5.69 Å². The van der Waals surface area contributed by atoms with Gasteiger partial charge in [-0.3, -0.25) is 21.4 Å². The molecule has 0 fully saturated rings. The number of hydrogen-bond donors (Lipinski definition) is 2. The van der Waals surface area contributed by atoms with Gasteiger partial charge < -0.3 is 0 Å². The summed E-state index contributed by atoms with van der Waals surface area (Å²) in [5.41, 5.74) is 3.02. The fraction of sp³-hybridized carbons (Fsp3) is 0.143. The van der Waals surface area contributed by atoms with Gasteiger partial charge in [0.15, 0.2) is 0 Å². The molecule has 1 aromatic carbocycles. The largest absolute Gasteiger partial charge is 0.288 e. The minimum Gasteiger partial charge on any atom is -0.271 e. The van der Waals surface area contributed by atoms with Crippen LogP contribution in [0.25, 0.3) is 0 Å². The maximum atomic E-state index is 10.4. The molecule has 0 aliphatic heterocycles. The molecule has 0 spiro atoms. The number of nitrogens with one attached hydrogen (secondary N) is 1. The molecule has 3 N–H and O–H groups in total. The van der Waals surface area contributed by atoms with Crippen LogP contribution < -0.4 is 11.3 Å². The summed E-state index contributed by atoms with van der Waals surface area (Å²) >= 11 is 5.60. The van der Waals surface area contributed by atoms with Gasteiger partial charge in [0.1, 0.15) is 5.02 Å². The molecule has 1 aromatic rings. The number of nitrogens with two attached hydrogens (primary N) is 1. The maximum absolute atomic E-state index is 10.4. The molecule has 6 heteroatoms. The summed E-state index contributed by atoms with van der Waals surface area (Å²) in [7, 11) is 0. The van der Waals surface area contributed by atoms with E-state index >= 15 is 0 Å². The van der Waals surface area contributed by atoms with Crippen molar-refractivity contribution >= 4 is 17.3 Å². The van der Waals surface area contributed by atoms with Crippen LogP contribution in [0.5, 0.6) is 0 Å². The first-order valence-electron chi connectivity index (χ1n) is 3.51. The molecule has 0 aliphatic carbocycles. The van der Waals surface area contributed by atoms with Crippen molar-refractivity contribution in [2.45, 2.75) is 6.54 Å². The van der Waals surface area contributed by atoms with E-state index in [2.05, 4.69) is 5.43 Å². The van der Waals surface area contributed by atoms with Crippen LogP contribution >= 0.6 is 11.6 Å². The second-order valence-electron chi connectivity index (χ2n) is 2.42. The van der Waals surface area contributed by atoms with Crippen molar-refractivity contribution < 1.29 is 4.92 Å². The molecule has 0 amide bonds. The fourth-order valence-corrected chi connectivity index (χ4v) is 1.11. The molecule has 0 aliphatic rings. The second-order valence-corrected chi connectivity index (χ2v) is 2.83. The van der Waals surface area contributed by atoms with Gasteiger partial charge in [-0.1, -0.05) is 17.7 Å². The Morgan fingerprint density at radius 1 is 1.62 bits per heavy atom. The van der Waals surface area contributed by atoms with Gasteiger partial charge in [0.2, 0.25) is 0 Å². The molecular weight excluding hydrogens is 194 g/mol. The van der Waals surface area contributed by atoms with Crippen LogP contribution in [0.2, 0.25) is 5.02 Å². The highest BCUT2D eigenvalue weighted by molar-refractivity contribution is 6.32. The van der Waals surface area contributed by atoms with Crippen molar-refractivity contribution in [1.82, 2.24) is 5.43 Å². The van der Waals surface area contributed by atoms with Gasteiger partial charge in [-0.05, 0) is 11.6 Å². The molecule has 0 saturated carbocycles. The number of nitro groups is 1. The molecular formula is C7H8ClN3O2. The Hall–Kier alpha value is -1.17. The number of nitro benzene ring substituents is 1. The molecule has 1 rings (SSSR count). The van der Waals surface area contributed by atoms with Gasteiger partial charge in [-0.15, -0.1) is 0 Å². The number of nitrogens with zero attached hydrogens (tertiary/aromatic N) is 1. The van der Waals surface area contributed by atoms with Crippen molar-refractivity contribution in [3.63, 3.8) is 0 Å². The number of rotatable bonds is 3. The average molecular weight is 202 g/mol. The first-order valence-corrected chi connectivity index (χ1v) is 3.89. The zero-order valence-electron chi connectivity index (χ0n) is 6.66. The Bertz CT molecular complexity index is 330. The van der Waals surface area contributed by atoms with E-state index in [-0.39, 0.29) is 10.7 Å². The van der Waals surface area contributed by atoms with Gasteiger partial charge in [0.25, 0.3) is 5.69 Å². The maximum Gasteiger partial charge on any atom is 0.288 e. The van der Waals surface area contributed by atoms with E-state index in [1.807, 2.05) is 0 Å². The summed E-state index contributed by atoms with van der Waals surface area (Å²) in [6.07, 6.45) is 0. The topological polar surface area (TPSA) is 81.2 Å². The lowest BCUT2D eigenvalue weighted by molar-refractivity contribution is -0.384. The van der Waals surface area contributed by atoms with E-state index in [4.69, 9.17) is 17.4 Å². The zero-order chi connectivity index (χ0) is 9.84. The van der Waals surface area contributed by atoms with Crippen LogP contribution in [0.1, 0.15) is 5.56 Å². The lowest BCUT2D eigenvalue weighted by atomic mass is 10.2. The van der Waals surface area contributed by atoms with Gasteiger partial charge in [-0.25, -0.2) is 0 Å². The molecule has 0 saturated heterocycles. The number of halogens is 1. The second kappa shape index (κ2) is 4.18. The lowest BCUT2D eigenvalue weighted by Gasteiger charge is -2.00. The molecule has 0 heterocycles. The highest BCUT2D eigenvalue weighted by Gasteiger charge is 2.11. The number of benzene rings is 1. The van der Waals surface area contributed by atoms with Crippen molar-refractivity contribution in [1.29, 1.82) is 0 Å². The Labute approximate surface area is 79.6 Å². The summed E-state index contributed by atoms with van der Waals surface area (Å²) < 4.78 is 0. The summed E-state index contributed by atoms with van der Waals surface area (Å²) in [6.45, 7) is 0.373. The standard InChI is InChI=1S/C7H8ClN3O2/c8-6-2-1-5(4-10-9)3-7(6)11(12)13/h1-3,10H,4,9H2. The normalized spacial score (nSPS) is 10.0. The third kappa shape index (κ3) is 2.38. The molecule has 0 atom stereocenters. The van der Waals surface area contributed by atoms with E-state index in [9.17, 15) is 10.1 Å². The molecule has 0 radical (unpaired) electrons. The van der Waals surface area contributed by atoms with Gasteiger partial charge in [0.05, 0.1) is 4.92 Å². The van der Waals surface area contributed by atoms with E-state index in [0.29, 0.717) is 6.54 Å². The first kappa shape index (κ1) is 9.91. The Morgan fingerprint density at radius 2 is 2.31 bits per heavy atom. The monoisotopic (exact) mass is 201 g/mol. The number of hydrogen-bond acceptors (Lipinski definition) is 4. The molecule has 70 valence electrons. The van der Waals surface area contributed by atoms with Crippen molar-refractivity contribution in [3.8, 4) is 0 Å². The van der Waals surface area contributed by atoms with Crippen LogP contribution in [-0.4, -0.2) is 4.92 Å². The Morgan fingerprint density at radius 3 is 2.85 bits per heavy atom. The SMILES string of the molecule is NNCc1ccc(Cl)c([N+](=O)[O-])c1. The third-order valence-electron chi connectivity index (χ3n) is 1.51. The van der Waals surface area contributed by atoms with Crippen LogP contribution in [0.3, 0.4) is 0 Å². The van der Waals surface area contributed by atoms with Gasteiger partial charge in [-0.2, -0.15) is 0 Å². The van der Waals surface area contributed by atoms with Crippen LogP contribution in [0.15, 0.2) is 18.2 Å². The fourth-order valence-electron chi connectivity index (χ4n) is 0.926. The predicted octanol–water partition coefficient (Wildman–Crippen LogP) is 1.21. The zero-order valence-corrected chi connectivity index (χ0v) is 7.41. The molecule has 0 bridgehead atoms. The van der Waals surface area contributed by atoms with Crippen LogP contribution in [0, 0.1) is 10.1 Å². The lowest BCUT2D eigenvalue weighted by Crippen LogP contribution is -2.20. The number of hydrazine groups is 1. The van der Waals surface area contributed by atoms with Crippen molar-refractivity contribution in [2.75, 3.05) is 0 Å². The predicted molar refractivity (Wildman–Crippen MR) is 49.1 cm³/mol. The minimum atomic E-state index is -0.525. The van der Waals surface area contributed by atoms with Gasteiger partial charge in [0, 0.05) is 12.6 Å². The summed E-state index contributed by atoms with van der Waals surface area (Å²) in [5.74, 6) is 5.07. The third-order valence-corrected chi connectivity index (χ3v) is 1.83. The minimum absolute atomic E-state index is 0.102. The Kier molecular flexibility index (Phi) is 3.18. The van der Waals surface area contributed by atoms with Crippen LogP contribution in [-0.2, 0) is 6.54 Å². The highest BCUT2D eigenvalue weighted by Crippen LogP contribution is 2.24. The first-order chi connectivity index (χ1) is 6.15.